The van der Waals surface area contributed by atoms with Gasteiger partial charge in [-0.15, -0.1) is 0 Å². The topological polar surface area (TPSA) is 29.5 Å². The summed E-state index contributed by atoms with van der Waals surface area (Å²) in [4.78, 5) is 0. The second-order valence-electron chi connectivity index (χ2n) is 7.92. The zero-order valence-electron chi connectivity index (χ0n) is 15.6. The van der Waals surface area contributed by atoms with Crippen molar-refractivity contribution in [2.75, 3.05) is 0 Å². The van der Waals surface area contributed by atoms with E-state index < -0.39 is 6.29 Å². The molecule has 0 rings (SSSR count). The van der Waals surface area contributed by atoms with Gasteiger partial charge in [0.25, 0.3) is 0 Å². The van der Waals surface area contributed by atoms with Crippen molar-refractivity contribution in [2.45, 2.75) is 93.5 Å². The van der Waals surface area contributed by atoms with Crippen LogP contribution in [-0.4, -0.2) is 17.5 Å². The van der Waals surface area contributed by atoms with Crippen molar-refractivity contribution in [2.24, 2.45) is 16.7 Å². The van der Waals surface area contributed by atoms with Crippen LogP contribution in [-0.2, 0) is 4.74 Å². The molecule has 0 heterocycles. The zero-order valence-corrected chi connectivity index (χ0v) is 15.6. The van der Waals surface area contributed by atoms with Crippen LogP contribution in [0, 0.1) is 16.7 Å². The molecular formula is C19H38O2. The fourth-order valence-corrected chi connectivity index (χ4v) is 2.63. The van der Waals surface area contributed by atoms with Crippen LogP contribution in [0.4, 0.5) is 0 Å². The Morgan fingerprint density at radius 3 is 2.05 bits per heavy atom. The molecule has 0 aliphatic rings. The minimum atomic E-state index is -0.740. The van der Waals surface area contributed by atoms with E-state index in [1.54, 1.807) is 0 Å². The molecule has 0 aliphatic heterocycles. The van der Waals surface area contributed by atoms with Crippen LogP contribution in [0.2, 0.25) is 0 Å². The van der Waals surface area contributed by atoms with Gasteiger partial charge in [0.05, 0.1) is 6.10 Å². The third-order valence-corrected chi connectivity index (χ3v) is 4.60. The van der Waals surface area contributed by atoms with Crippen LogP contribution < -0.4 is 0 Å². The van der Waals surface area contributed by atoms with Crippen LogP contribution in [0.3, 0.4) is 0 Å². The monoisotopic (exact) mass is 298 g/mol. The van der Waals surface area contributed by atoms with Crippen molar-refractivity contribution in [3.05, 3.63) is 12.2 Å². The highest BCUT2D eigenvalue weighted by molar-refractivity contribution is 4.93. The van der Waals surface area contributed by atoms with Gasteiger partial charge >= 0.3 is 0 Å². The molecule has 0 aromatic heterocycles. The Morgan fingerprint density at radius 1 is 1.10 bits per heavy atom. The summed E-state index contributed by atoms with van der Waals surface area (Å²) in [5.74, 6) is 0.531. The lowest BCUT2D eigenvalue weighted by molar-refractivity contribution is -0.221. The van der Waals surface area contributed by atoms with Crippen molar-refractivity contribution in [3.8, 4) is 0 Å². The summed E-state index contributed by atoms with van der Waals surface area (Å²) in [5, 5.41) is 10.8. The summed E-state index contributed by atoms with van der Waals surface area (Å²) in [7, 11) is 0. The average molecular weight is 299 g/mol. The van der Waals surface area contributed by atoms with E-state index in [9.17, 15) is 5.11 Å². The van der Waals surface area contributed by atoms with E-state index in [-0.39, 0.29) is 16.9 Å². The van der Waals surface area contributed by atoms with Crippen LogP contribution in [0.15, 0.2) is 12.2 Å². The number of hydrogen-bond donors (Lipinski definition) is 1. The molecule has 0 aliphatic carbocycles. The largest absolute Gasteiger partial charge is 0.367 e. The summed E-state index contributed by atoms with van der Waals surface area (Å²) < 4.78 is 6.01. The molecule has 3 atom stereocenters. The molecular weight excluding hydrogens is 260 g/mol. The van der Waals surface area contributed by atoms with E-state index in [4.69, 9.17) is 4.74 Å². The third kappa shape index (κ3) is 6.52. The summed E-state index contributed by atoms with van der Waals surface area (Å²) in [5.41, 5.74) is -0.269. The quantitative estimate of drug-likeness (QED) is 0.446. The number of hydrogen-bond acceptors (Lipinski definition) is 2. The Morgan fingerprint density at radius 2 is 1.67 bits per heavy atom. The summed E-state index contributed by atoms with van der Waals surface area (Å²) in [6.07, 6.45) is 7.58. The third-order valence-electron chi connectivity index (χ3n) is 4.60. The summed E-state index contributed by atoms with van der Waals surface area (Å²) >= 11 is 0. The molecule has 0 amide bonds. The average Bonchev–Trinajstić information content (AvgIpc) is 2.35. The predicted octanol–water partition coefficient (Wildman–Crippen LogP) is 5.55. The molecule has 3 unspecified atom stereocenters. The highest BCUT2D eigenvalue weighted by Gasteiger charge is 2.45. The smallest absolute Gasteiger partial charge is 0.161 e. The summed E-state index contributed by atoms with van der Waals surface area (Å²) in [6, 6.07) is 0. The second kappa shape index (κ2) is 8.95. The SMILES string of the molecule is CCCC=CC(CC)OC(O)C(C)(CC(C)C)C(C)(C)C. The van der Waals surface area contributed by atoms with Crippen molar-refractivity contribution in [1.82, 2.24) is 0 Å². The van der Waals surface area contributed by atoms with Crippen molar-refractivity contribution in [1.29, 1.82) is 0 Å². The van der Waals surface area contributed by atoms with Crippen LogP contribution in [0.1, 0.15) is 81.1 Å². The molecule has 1 N–H and O–H groups in total. The van der Waals surface area contributed by atoms with Gasteiger partial charge in [0, 0.05) is 5.41 Å². The van der Waals surface area contributed by atoms with Crippen molar-refractivity contribution in [3.63, 3.8) is 0 Å². The lowest BCUT2D eigenvalue weighted by Crippen LogP contribution is -2.46. The van der Waals surface area contributed by atoms with Gasteiger partial charge in [0.1, 0.15) is 0 Å². The van der Waals surface area contributed by atoms with E-state index in [0.717, 1.165) is 25.7 Å². The number of allylic oxidation sites excluding steroid dienone is 1. The van der Waals surface area contributed by atoms with Crippen molar-refractivity contribution >= 4 is 0 Å². The van der Waals surface area contributed by atoms with Crippen molar-refractivity contribution < 1.29 is 9.84 Å². The summed E-state index contributed by atoms with van der Waals surface area (Å²) in [6.45, 7) is 17.4. The molecule has 0 aromatic rings. The number of rotatable bonds is 9. The standard InChI is InChI=1S/C19H38O2/c1-9-11-12-13-16(10-2)21-17(20)19(8,14-15(3)4)18(5,6)7/h12-13,15-17,20H,9-11,14H2,1-8H3. The molecule has 0 spiro atoms. The lowest BCUT2D eigenvalue weighted by Gasteiger charge is -2.46. The molecule has 2 heteroatoms. The van der Waals surface area contributed by atoms with E-state index in [1.807, 2.05) is 0 Å². The Bertz CT molecular complexity index is 301. The van der Waals surface area contributed by atoms with Gasteiger partial charge in [0.2, 0.25) is 0 Å². The predicted molar refractivity (Wildman–Crippen MR) is 92.2 cm³/mol. The maximum atomic E-state index is 10.8. The molecule has 21 heavy (non-hydrogen) atoms. The first kappa shape index (κ1) is 20.7. The first-order valence-electron chi connectivity index (χ1n) is 8.58. The fraction of sp³-hybridized carbons (Fsp3) is 0.895. The number of aliphatic hydroxyl groups is 1. The number of ether oxygens (including phenoxy) is 1. The van der Waals surface area contributed by atoms with Gasteiger partial charge in [-0.05, 0) is 30.6 Å². The van der Waals surface area contributed by atoms with Gasteiger partial charge in [-0.25, -0.2) is 0 Å². The first-order valence-corrected chi connectivity index (χ1v) is 8.58. The molecule has 0 aromatic carbocycles. The highest BCUT2D eigenvalue weighted by Crippen LogP contribution is 2.46. The van der Waals surface area contributed by atoms with Gasteiger partial charge in [0.15, 0.2) is 6.29 Å². The van der Waals surface area contributed by atoms with Gasteiger partial charge in [-0.3, -0.25) is 0 Å². The van der Waals surface area contributed by atoms with Crippen LogP contribution in [0.5, 0.6) is 0 Å². The maximum absolute atomic E-state index is 10.8. The van der Waals surface area contributed by atoms with Gasteiger partial charge in [-0.1, -0.05) is 74.0 Å². The maximum Gasteiger partial charge on any atom is 0.161 e. The Hall–Kier alpha value is -0.340. The van der Waals surface area contributed by atoms with E-state index >= 15 is 0 Å². The lowest BCUT2D eigenvalue weighted by atomic mass is 9.63. The van der Waals surface area contributed by atoms with Crippen LogP contribution in [0.25, 0.3) is 0 Å². The minimum Gasteiger partial charge on any atom is -0.367 e. The zero-order chi connectivity index (χ0) is 16.7. The molecule has 0 radical (unpaired) electrons. The normalized spacial score (nSPS) is 19.0. The van der Waals surface area contributed by atoms with E-state index in [0.29, 0.717) is 5.92 Å². The molecule has 0 fully saturated rings. The van der Waals surface area contributed by atoms with E-state index in [2.05, 4.69) is 67.5 Å². The molecule has 0 saturated heterocycles. The van der Waals surface area contributed by atoms with Gasteiger partial charge < -0.3 is 9.84 Å². The minimum absolute atomic E-state index is 0.000359. The Labute approximate surface area is 133 Å². The molecule has 0 saturated carbocycles. The Balaban J connectivity index is 5.00. The highest BCUT2D eigenvalue weighted by atomic mass is 16.6. The van der Waals surface area contributed by atoms with Crippen LogP contribution >= 0.6 is 0 Å². The molecule has 2 nitrogen and oxygen atoms in total. The number of aliphatic hydroxyl groups excluding tert-OH is 1. The fourth-order valence-electron chi connectivity index (χ4n) is 2.63. The van der Waals surface area contributed by atoms with E-state index in [1.165, 1.54) is 0 Å². The molecule has 126 valence electrons. The molecule has 0 bridgehead atoms. The first-order chi connectivity index (χ1) is 9.58. The number of unbranched alkanes of at least 4 members (excludes halogenated alkanes) is 1. The Kier molecular flexibility index (Phi) is 8.80. The second-order valence-corrected chi connectivity index (χ2v) is 7.92. The van der Waals surface area contributed by atoms with Gasteiger partial charge in [-0.2, -0.15) is 0 Å².